The number of ether oxygens (including phenoxy) is 2. The summed E-state index contributed by atoms with van der Waals surface area (Å²) < 4.78 is 14.6. The van der Waals surface area contributed by atoms with Crippen molar-refractivity contribution in [2.75, 3.05) is 20.3 Å². The SMILES string of the molecule is COCCn1ccc(-c2ccc3c(c2)-c2nc(-c4ncnn4C(C)C)sc2CCO3)cc1=O. The second-order valence-corrected chi connectivity index (χ2v) is 9.25. The first-order valence-corrected chi connectivity index (χ1v) is 11.7. The van der Waals surface area contributed by atoms with E-state index in [4.69, 9.17) is 14.5 Å². The van der Waals surface area contributed by atoms with Gasteiger partial charge in [0.15, 0.2) is 10.8 Å². The number of rotatable bonds is 6. The Hall–Kier alpha value is -3.30. The number of nitrogens with zero attached hydrogens (tertiary/aromatic N) is 5. The third-order valence-corrected chi connectivity index (χ3v) is 6.75. The van der Waals surface area contributed by atoms with E-state index < -0.39 is 0 Å². The van der Waals surface area contributed by atoms with Crippen molar-refractivity contribution in [2.24, 2.45) is 0 Å². The number of pyridine rings is 1. The Bertz CT molecular complexity index is 1350. The minimum Gasteiger partial charge on any atom is -0.493 e. The molecule has 33 heavy (non-hydrogen) atoms. The fraction of sp³-hybridized carbons (Fsp3) is 0.333. The molecule has 0 aliphatic carbocycles. The summed E-state index contributed by atoms with van der Waals surface area (Å²) in [4.78, 5) is 23.1. The van der Waals surface area contributed by atoms with Crippen molar-refractivity contribution in [1.29, 1.82) is 0 Å². The Labute approximate surface area is 195 Å². The summed E-state index contributed by atoms with van der Waals surface area (Å²) in [5.74, 6) is 1.58. The molecule has 1 aromatic carbocycles. The van der Waals surface area contributed by atoms with E-state index in [1.54, 1.807) is 35.4 Å². The monoisotopic (exact) mass is 463 g/mol. The van der Waals surface area contributed by atoms with E-state index in [2.05, 4.69) is 30.0 Å². The van der Waals surface area contributed by atoms with Gasteiger partial charge in [-0.1, -0.05) is 6.07 Å². The zero-order valence-electron chi connectivity index (χ0n) is 18.8. The first-order chi connectivity index (χ1) is 16.0. The van der Waals surface area contributed by atoms with Crippen molar-refractivity contribution in [2.45, 2.75) is 32.9 Å². The van der Waals surface area contributed by atoms with Crippen LogP contribution in [0.1, 0.15) is 24.8 Å². The van der Waals surface area contributed by atoms with Crippen LogP contribution in [-0.2, 0) is 17.7 Å². The van der Waals surface area contributed by atoms with Gasteiger partial charge in [-0.05, 0) is 43.2 Å². The molecule has 5 rings (SSSR count). The smallest absolute Gasteiger partial charge is 0.251 e. The number of hydrogen-bond acceptors (Lipinski definition) is 7. The third kappa shape index (κ3) is 4.09. The number of hydrogen-bond donors (Lipinski definition) is 0. The molecule has 8 nitrogen and oxygen atoms in total. The first-order valence-electron chi connectivity index (χ1n) is 10.9. The van der Waals surface area contributed by atoms with Gasteiger partial charge in [-0.25, -0.2) is 14.6 Å². The molecule has 3 aromatic heterocycles. The van der Waals surface area contributed by atoms with Crippen LogP contribution in [0.15, 0.2) is 47.7 Å². The van der Waals surface area contributed by atoms with Crippen molar-refractivity contribution in [1.82, 2.24) is 24.3 Å². The summed E-state index contributed by atoms with van der Waals surface area (Å²) in [5.41, 5.74) is 3.59. The van der Waals surface area contributed by atoms with Gasteiger partial charge in [0, 0.05) is 48.8 Å². The number of benzene rings is 1. The van der Waals surface area contributed by atoms with E-state index in [-0.39, 0.29) is 11.6 Å². The van der Waals surface area contributed by atoms with Crippen molar-refractivity contribution < 1.29 is 9.47 Å². The molecule has 0 amide bonds. The largest absolute Gasteiger partial charge is 0.493 e. The van der Waals surface area contributed by atoms with Crippen LogP contribution in [-0.4, -0.2) is 44.6 Å². The van der Waals surface area contributed by atoms with Crippen LogP contribution in [0.2, 0.25) is 0 Å². The lowest BCUT2D eigenvalue weighted by molar-refractivity contribution is 0.186. The second kappa shape index (κ2) is 8.92. The summed E-state index contributed by atoms with van der Waals surface area (Å²) in [6.07, 6.45) is 4.16. The third-order valence-electron chi connectivity index (χ3n) is 5.64. The molecule has 9 heteroatoms. The van der Waals surface area contributed by atoms with E-state index in [0.29, 0.717) is 19.8 Å². The molecule has 0 atom stereocenters. The van der Waals surface area contributed by atoms with Gasteiger partial charge in [-0.15, -0.1) is 11.3 Å². The van der Waals surface area contributed by atoms with Gasteiger partial charge < -0.3 is 14.0 Å². The summed E-state index contributed by atoms with van der Waals surface area (Å²) in [6.45, 7) is 5.77. The van der Waals surface area contributed by atoms with Gasteiger partial charge in [-0.3, -0.25) is 4.79 Å². The average molecular weight is 464 g/mol. The molecule has 1 aliphatic heterocycles. The van der Waals surface area contributed by atoms with Crippen LogP contribution in [0.5, 0.6) is 5.75 Å². The molecule has 4 heterocycles. The minimum atomic E-state index is -0.0552. The van der Waals surface area contributed by atoms with E-state index in [0.717, 1.165) is 50.3 Å². The molecule has 0 fully saturated rings. The maximum Gasteiger partial charge on any atom is 0.251 e. The van der Waals surface area contributed by atoms with Crippen LogP contribution < -0.4 is 10.3 Å². The van der Waals surface area contributed by atoms with E-state index in [1.807, 2.05) is 29.1 Å². The molecular weight excluding hydrogens is 438 g/mol. The van der Waals surface area contributed by atoms with Gasteiger partial charge in [0.2, 0.25) is 0 Å². The fourth-order valence-electron chi connectivity index (χ4n) is 3.94. The zero-order chi connectivity index (χ0) is 22.9. The molecular formula is C24H25N5O3S. The Balaban J connectivity index is 1.56. The lowest BCUT2D eigenvalue weighted by atomic mass is 10.0. The summed E-state index contributed by atoms with van der Waals surface area (Å²) in [6, 6.07) is 9.82. The first kappa shape index (κ1) is 21.5. The number of aromatic nitrogens is 5. The van der Waals surface area contributed by atoms with Gasteiger partial charge >= 0.3 is 0 Å². The summed E-state index contributed by atoms with van der Waals surface area (Å²) in [7, 11) is 1.63. The van der Waals surface area contributed by atoms with Crippen molar-refractivity contribution in [3.8, 4) is 39.0 Å². The average Bonchev–Trinajstić information content (AvgIpc) is 3.43. The predicted octanol–water partition coefficient (Wildman–Crippen LogP) is 4.06. The van der Waals surface area contributed by atoms with Gasteiger partial charge in [0.1, 0.15) is 12.1 Å². The lowest BCUT2D eigenvalue weighted by Crippen LogP contribution is -2.20. The van der Waals surface area contributed by atoms with Crippen molar-refractivity contribution in [3.05, 3.63) is 58.1 Å². The molecule has 0 saturated heterocycles. The second-order valence-electron chi connectivity index (χ2n) is 8.16. The molecule has 0 N–H and O–H groups in total. The molecule has 1 aliphatic rings. The molecule has 0 radical (unpaired) electrons. The van der Waals surface area contributed by atoms with Crippen LogP contribution in [0.3, 0.4) is 0 Å². The maximum absolute atomic E-state index is 12.5. The lowest BCUT2D eigenvalue weighted by Gasteiger charge is -2.11. The van der Waals surface area contributed by atoms with Crippen LogP contribution >= 0.6 is 11.3 Å². The summed E-state index contributed by atoms with van der Waals surface area (Å²) >= 11 is 1.64. The van der Waals surface area contributed by atoms with Crippen LogP contribution in [0.4, 0.5) is 0 Å². The number of fused-ring (bicyclic) bond motifs is 3. The molecule has 170 valence electrons. The highest BCUT2D eigenvalue weighted by atomic mass is 32.1. The Morgan fingerprint density at radius 1 is 1.21 bits per heavy atom. The van der Waals surface area contributed by atoms with Gasteiger partial charge in [0.25, 0.3) is 5.56 Å². The van der Waals surface area contributed by atoms with Gasteiger partial charge in [-0.2, -0.15) is 5.10 Å². The van der Waals surface area contributed by atoms with Crippen LogP contribution in [0, 0.1) is 0 Å². The number of thiazole rings is 1. The number of methoxy groups -OCH3 is 1. The predicted molar refractivity (Wildman–Crippen MR) is 128 cm³/mol. The van der Waals surface area contributed by atoms with Crippen LogP contribution in [0.25, 0.3) is 33.2 Å². The quantitative estimate of drug-likeness (QED) is 0.429. The standard InChI is InChI=1S/C24H25N5O3S/c1-15(2)29-23(25-14-26-29)24-27-22-18-12-16(4-5-19(18)32-10-7-20(22)33-24)17-6-8-28(9-11-31-3)21(30)13-17/h4-6,8,12-15H,7,9-11H2,1-3H3. The minimum absolute atomic E-state index is 0.0552. The normalized spacial score (nSPS) is 12.8. The van der Waals surface area contributed by atoms with E-state index in [1.165, 1.54) is 0 Å². The molecule has 4 aromatic rings. The molecule has 0 bridgehead atoms. The highest BCUT2D eigenvalue weighted by Crippen LogP contribution is 2.41. The Morgan fingerprint density at radius 2 is 2.06 bits per heavy atom. The van der Waals surface area contributed by atoms with Gasteiger partial charge in [0.05, 0.1) is 18.9 Å². The Morgan fingerprint density at radius 3 is 2.85 bits per heavy atom. The zero-order valence-corrected chi connectivity index (χ0v) is 19.6. The maximum atomic E-state index is 12.5. The highest BCUT2D eigenvalue weighted by Gasteiger charge is 2.24. The van der Waals surface area contributed by atoms with Crippen molar-refractivity contribution >= 4 is 11.3 Å². The molecule has 0 saturated carbocycles. The van der Waals surface area contributed by atoms with Crippen molar-refractivity contribution in [3.63, 3.8) is 0 Å². The van der Waals surface area contributed by atoms with E-state index in [9.17, 15) is 4.79 Å². The topological polar surface area (TPSA) is 84.1 Å². The molecule has 0 spiro atoms. The summed E-state index contributed by atoms with van der Waals surface area (Å²) in [5, 5.41) is 5.21. The highest BCUT2D eigenvalue weighted by molar-refractivity contribution is 7.15. The fourth-order valence-corrected chi connectivity index (χ4v) is 4.99. The van der Waals surface area contributed by atoms with E-state index >= 15 is 0 Å². The Kier molecular flexibility index (Phi) is 5.82. The molecule has 0 unspecified atom stereocenters.